The van der Waals surface area contributed by atoms with Crippen LogP contribution in [-0.2, 0) is 9.53 Å². The minimum Gasteiger partial charge on any atom is -0.466 e. The van der Waals surface area contributed by atoms with Gasteiger partial charge in [-0.1, -0.05) is 6.07 Å². The lowest BCUT2D eigenvalue weighted by Crippen LogP contribution is -2.07. The topological polar surface area (TPSA) is 47.8 Å². The molecule has 0 aliphatic heterocycles. The highest BCUT2D eigenvalue weighted by atomic mass is 16.5. The van der Waals surface area contributed by atoms with Gasteiger partial charge in [0.1, 0.15) is 0 Å². The number of carbonyl (C=O) groups is 2. The molecular formula is C14H15NO3. The molecule has 0 saturated heterocycles. The van der Waals surface area contributed by atoms with Crippen molar-refractivity contribution in [2.75, 3.05) is 6.61 Å². The first-order valence-electron chi connectivity index (χ1n) is 5.97. The number of esters is 1. The number of ketones is 1. The van der Waals surface area contributed by atoms with Crippen molar-refractivity contribution < 1.29 is 14.3 Å². The Labute approximate surface area is 105 Å². The predicted molar refractivity (Wildman–Crippen MR) is 67.6 cm³/mol. The molecule has 18 heavy (non-hydrogen) atoms. The predicted octanol–water partition coefficient (Wildman–Crippen LogP) is 2.47. The number of rotatable bonds is 5. The van der Waals surface area contributed by atoms with Gasteiger partial charge in [0, 0.05) is 24.4 Å². The van der Waals surface area contributed by atoms with E-state index in [0.29, 0.717) is 12.2 Å². The normalized spacial score (nSPS) is 10.5. The number of aromatic nitrogens is 1. The lowest BCUT2D eigenvalue weighted by molar-refractivity contribution is -0.143. The molecule has 0 saturated carbocycles. The molecule has 0 fully saturated rings. The van der Waals surface area contributed by atoms with Gasteiger partial charge in [-0.2, -0.15) is 0 Å². The minimum atomic E-state index is -0.325. The van der Waals surface area contributed by atoms with Crippen LogP contribution >= 0.6 is 0 Å². The zero-order valence-electron chi connectivity index (χ0n) is 10.3. The van der Waals surface area contributed by atoms with E-state index in [-0.39, 0.29) is 24.6 Å². The lowest BCUT2D eigenvalue weighted by Gasteiger charge is -2.01. The van der Waals surface area contributed by atoms with E-state index < -0.39 is 0 Å². The van der Waals surface area contributed by atoms with Gasteiger partial charge in [0.2, 0.25) is 0 Å². The van der Waals surface area contributed by atoms with E-state index >= 15 is 0 Å². The standard InChI is InChI=1S/C14H15NO3/c1-2-18-14(17)7-6-13(16)11-8-10-15-9-4-3-5-12(11)15/h3-5,8-10H,2,6-7H2,1H3. The van der Waals surface area contributed by atoms with Gasteiger partial charge in [-0.05, 0) is 25.1 Å². The van der Waals surface area contributed by atoms with E-state index in [0.717, 1.165) is 5.52 Å². The molecule has 4 heteroatoms. The zero-order valence-corrected chi connectivity index (χ0v) is 10.3. The molecule has 0 N–H and O–H groups in total. The quantitative estimate of drug-likeness (QED) is 0.600. The number of carbonyl (C=O) groups excluding carboxylic acids is 2. The van der Waals surface area contributed by atoms with Gasteiger partial charge >= 0.3 is 5.97 Å². The summed E-state index contributed by atoms with van der Waals surface area (Å²) in [6.45, 7) is 2.10. The first-order valence-corrected chi connectivity index (χ1v) is 5.97. The third-order valence-corrected chi connectivity index (χ3v) is 2.73. The third-order valence-electron chi connectivity index (χ3n) is 2.73. The number of nitrogens with zero attached hydrogens (tertiary/aromatic N) is 1. The SMILES string of the molecule is CCOC(=O)CCC(=O)c1ccn2ccccc12. The number of hydrogen-bond acceptors (Lipinski definition) is 3. The summed E-state index contributed by atoms with van der Waals surface area (Å²) in [6.07, 6.45) is 4.05. The summed E-state index contributed by atoms with van der Waals surface area (Å²) in [6, 6.07) is 7.46. The summed E-state index contributed by atoms with van der Waals surface area (Å²) in [5, 5.41) is 0. The summed E-state index contributed by atoms with van der Waals surface area (Å²) < 4.78 is 6.69. The van der Waals surface area contributed by atoms with Gasteiger partial charge in [0.15, 0.2) is 5.78 Å². The van der Waals surface area contributed by atoms with E-state index in [1.54, 1.807) is 13.0 Å². The molecule has 0 aliphatic rings. The van der Waals surface area contributed by atoms with Crippen LogP contribution in [-0.4, -0.2) is 22.8 Å². The Morgan fingerprint density at radius 1 is 1.17 bits per heavy atom. The molecular weight excluding hydrogens is 230 g/mol. The fraction of sp³-hybridized carbons (Fsp3) is 0.286. The molecule has 2 heterocycles. The summed E-state index contributed by atoms with van der Waals surface area (Å²) in [7, 11) is 0. The molecule has 0 radical (unpaired) electrons. The highest BCUT2D eigenvalue weighted by Crippen LogP contribution is 2.15. The van der Waals surface area contributed by atoms with Crippen molar-refractivity contribution in [3.05, 3.63) is 42.2 Å². The Morgan fingerprint density at radius 3 is 2.78 bits per heavy atom. The van der Waals surface area contributed by atoms with Crippen LogP contribution in [0.15, 0.2) is 36.7 Å². The van der Waals surface area contributed by atoms with Crippen LogP contribution in [0.25, 0.3) is 5.52 Å². The number of fused-ring (bicyclic) bond motifs is 1. The van der Waals surface area contributed by atoms with Crippen molar-refractivity contribution in [1.29, 1.82) is 0 Å². The molecule has 94 valence electrons. The van der Waals surface area contributed by atoms with Crippen LogP contribution in [0.1, 0.15) is 30.1 Å². The van der Waals surface area contributed by atoms with Gasteiger partial charge < -0.3 is 9.14 Å². The Kier molecular flexibility index (Phi) is 3.77. The Morgan fingerprint density at radius 2 is 2.00 bits per heavy atom. The fourth-order valence-corrected chi connectivity index (χ4v) is 1.87. The van der Waals surface area contributed by atoms with Gasteiger partial charge in [-0.3, -0.25) is 9.59 Å². The largest absolute Gasteiger partial charge is 0.466 e. The van der Waals surface area contributed by atoms with Crippen molar-refractivity contribution in [2.24, 2.45) is 0 Å². The lowest BCUT2D eigenvalue weighted by atomic mass is 10.1. The molecule has 2 rings (SSSR count). The monoisotopic (exact) mass is 245 g/mol. The van der Waals surface area contributed by atoms with Crippen LogP contribution in [0, 0.1) is 0 Å². The van der Waals surface area contributed by atoms with Crippen molar-refractivity contribution in [3.8, 4) is 0 Å². The van der Waals surface area contributed by atoms with Crippen LogP contribution in [0.4, 0.5) is 0 Å². The zero-order chi connectivity index (χ0) is 13.0. The molecule has 0 amide bonds. The van der Waals surface area contributed by atoms with Crippen LogP contribution in [0.5, 0.6) is 0 Å². The Balaban J connectivity index is 2.07. The van der Waals surface area contributed by atoms with Crippen molar-refractivity contribution in [3.63, 3.8) is 0 Å². The second kappa shape index (κ2) is 5.49. The second-order valence-electron chi connectivity index (χ2n) is 3.95. The highest BCUT2D eigenvalue weighted by molar-refractivity contribution is 6.03. The van der Waals surface area contributed by atoms with Gasteiger partial charge in [0.05, 0.1) is 18.5 Å². The van der Waals surface area contributed by atoms with Gasteiger partial charge in [-0.15, -0.1) is 0 Å². The van der Waals surface area contributed by atoms with Gasteiger partial charge in [0.25, 0.3) is 0 Å². The number of hydrogen-bond donors (Lipinski definition) is 0. The average molecular weight is 245 g/mol. The first-order chi connectivity index (χ1) is 8.72. The summed E-state index contributed by atoms with van der Waals surface area (Å²) in [5.41, 5.74) is 1.52. The van der Waals surface area contributed by atoms with Crippen LogP contribution < -0.4 is 0 Å². The van der Waals surface area contributed by atoms with Crippen LogP contribution in [0.3, 0.4) is 0 Å². The number of ether oxygens (including phenoxy) is 1. The highest BCUT2D eigenvalue weighted by Gasteiger charge is 2.13. The molecule has 4 nitrogen and oxygen atoms in total. The van der Waals surface area contributed by atoms with Crippen molar-refractivity contribution in [2.45, 2.75) is 19.8 Å². The maximum absolute atomic E-state index is 12.0. The Hall–Kier alpha value is -2.10. The minimum absolute atomic E-state index is 0.0308. The Bertz CT molecular complexity index is 571. The molecule has 0 atom stereocenters. The third kappa shape index (κ3) is 2.59. The summed E-state index contributed by atoms with van der Waals surface area (Å²) >= 11 is 0. The van der Waals surface area contributed by atoms with E-state index in [4.69, 9.17) is 4.74 Å². The maximum Gasteiger partial charge on any atom is 0.306 e. The van der Waals surface area contributed by atoms with E-state index in [9.17, 15) is 9.59 Å². The fourth-order valence-electron chi connectivity index (χ4n) is 1.87. The first kappa shape index (κ1) is 12.4. The molecule has 0 spiro atoms. The molecule has 0 bridgehead atoms. The molecule has 2 aromatic rings. The van der Waals surface area contributed by atoms with Crippen molar-refractivity contribution >= 4 is 17.3 Å². The molecule has 0 aliphatic carbocycles. The number of pyridine rings is 1. The van der Waals surface area contributed by atoms with E-state index in [1.807, 2.05) is 35.0 Å². The van der Waals surface area contributed by atoms with Crippen molar-refractivity contribution in [1.82, 2.24) is 4.40 Å². The maximum atomic E-state index is 12.0. The second-order valence-corrected chi connectivity index (χ2v) is 3.95. The molecule has 0 unspecified atom stereocenters. The van der Waals surface area contributed by atoms with E-state index in [1.165, 1.54) is 0 Å². The summed E-state index contributed by atoms with van der Waals surface area (Å²) in [5.74, 6) is -0.355. The molecule has 2 aromatic heterocycles. The van der Waals surface area contributed by atoms with Crippen LogP contribution in [0.2, 0.25) is 0 Å². The number of Topliss-reactive ketones (excluding diaryl/α,β-unsaturated/α-hetero) is 1. The summed E-state index contributed by atoms with van der Waals surface area (Å²) in [4.78, 5) is 23.2. The molecule has 0 aromatic carbocycles. The van der Waals surface area contributed by atoms with E-state index in [2.05, 4.69) is 0 Å². The van der Waals surface area contributed by atoms with Gasteiger partial charge in [-0.25, -0.2) is 0 Å². The smallest absolute Gasteiger partial charge is 0.306 e. The average Bonchev–Trinajstić information content (AvgIpc) is 2.80.